The number of rotatable bonds is 4. The lowest BCUT2D eigenvalue weighted by Gasteiger charge is -2.26. The van der Waals surface area contributed by atoms with Crippen LogP contribution in [0.2, 0.25) is 0 Å². The minimum Gasteiger partial charge on any atom is -0.353 e. The Morgan fingerprint density at radius 3 is 2.81 bits per heavy atom. The SMILES string of the molecule is CC(N)(C(=O)NCC1CSCCS1)C1CC1. The van der Waals surface area contributed by atoms with Gasteiger partial charge < -0.3 is 11.1 Å². The molecule has 1 saturated heterocycles. The largest absolute Gasteiger partial charge is 0.353 e. The summed E-state index contributed by atoms with van der Waals surface area (Å²) in [5.74, 6) is 4.03. The van der Waals surface area contributed by atoms with Crippen molar-refractivity contribution in [1.29, 1.82) is 0 Å². The lowest BCUT2D eigenvalue weighted by Crippen LogP contribution is -2.54. The zero-order chi connectivity index (χ0) is 11.6. The topological polar surface area (TPSA) is 55.1 Å². The van der Waals surface area contributed by atoms with E-state index in [2.05, 4.69) is 5.32 Å². The van der Waals surface area contributed by atoms with Crippen LogP contribution in [-0.2, 0) is 4.79 Å². The lowest BCUT2D eigenvalue weighted by atomic mass is 9.96. The van der Waals surface area contributed by atoms with E-state index >= 15 is 0 Å². The van der Waals surface area contributed by atoms with Gasteiger partial charge in [-0.15, -0.1) is 0 Å². The van der Waals surface area contributed by atoms with Crippen molar-refractivity contribution in [2.75, 3.05) is 23.8 Å². The molecule has 0 aromatic heterocycles. The van der Waals surface area contributed by atoms with E-state index in [1.165, 1.54) is 11.5 Å². The van der Waals surface area contributed by atoms with Crippen LogP contribution in [-0.4, -0.2) is 40.5 Å². The number of hydrogen-bond acceptors (Lipinski definition) is 4. The second-order valence-corrected chi connectivity index (χ2v) is 7.39. The number of thioether (sulfide) groups is 2. The Hall–Kier alpha value is 0.130. The molecule has 1 heterocycles. The lowest BCUT2D eigenvalue weighted by molar-refractivity contribution is -0.126. The number of carbonyl (C=O) groups is 1. The summed E-state index contributed by atoms with van der Waals surface area (Å²) in [7, 11) is 0. The standard InChI is InChI=1S/C11H20N2OS2/c1-11(12,8-2-3-8)10(14)13-6-9-7-15-4-5-16-9/h8-9H,2-7,12H2,1H3,(H,13,14). The van der Waals surface area contributed by atoms with Gasteiger partial charge in [-0.05, 0) is 25.7 Å². The summed E-state index contributed by atoms with van der Waals surface area (Å²) < 4.78 is 0. The summed E-state index contributed by atoms with van der Waals surface area (Å²) in [4.78, 5) is 11.9. The molecule has 0 aromatic rings. The first-order chi connectivity index (χ1) is 7.60. The molecule has 0 bridgehead atoms. The van der Waals surface area contributed by atoms with Crippen LogP contribution < -0.4 is 11.1 Å². The number of amides is 1. The Kier molecular flexibility index (Phi) is 4.08. The van der Waals surface area contributed by atoms with Crippen LogP contribution in [0.15, 0.2) is 0 Å². The van der Waals surface area contributed by atoms with Gasteiger partial charge in [-0.3, -0.25) is 4.79 Å². The molecule has 2 fully saturated rings. The first-order valence-corrected chi connectivity index (χ1v) is 8.07. The second kappa shape index (κ2) is 5.19. The van der Waals surface area contributed by atoms with Gasteiger partial charge in [0.25, 0.3) is 0 Å². The smallest absolute Gasteiger partial charge is 0.240 e. The first-order valence-electron chi connectivity index (χ1n) is 5.87. The van der Waals surface area contributed by atoms with Crippen LogP contribution in [0.5, 0.6) is 0 Å². The molecular formula is C11H20N2OS2. The maximum Gasteiger partial charge on any atom is 0.240 e. The molecule has 2 unspecified atom stereocenters. The van der Waals surface area contributed by atoms with E-state index in [-0.39, 0.29) is 5.91 Å². The van der Waals surface area contributed by atoms with Gasteiger partial charge in [0.1, 0.15) is 0 Å². The zero-order valence-electron chi connectivity index (χ0n) is 9.70. The molecule has 1 saturated carbocycles. The van der Waals surface area contributed by atoms with Gasteiger partial charge in [0.05, 0.1) is 5.54 Å². The van der Waals surface area contributed by atoms with Crippen molar-refractivity contribution in [3.63, 3.8) is 0 Å². The van der Waals surface area contributed by atoms with Crippen molar-refractivity contribution < 1.29 is 4.79 Å². The van der Waals surface area contributed by atoms with Crippen LogP contribution in [0, 0.1) is 5.92 Å². The normalized spacial score (nSPS) is 29.5. The molecule has 2 aliphatic rings. The highest BCUT2D eigenvalue weighted by Crippen LogP contribution is 2.38. The van der Waals surface area contributed by atoms with Gasteiger partial charge in [-0.2, -0.15) is 23.5 Å². The van der Waals surface area contributed by atoms with Crippen molar-refractivity contribution in [2.45, 2.75) is 30.6 Å². The van der Waals surface area contributed by atoms with Crippen molar-refractivity contribution in [3.8, 4) is 0 Å². The van der Waals surface area contributed by atoms with E-state index in [4.69, 9.17) is 5.73 Å². The van der Waals surface area contributed by atoms with Gasteiger partial charge in [0.15, 0.2) is 0 Å². The summed E-state index contributed by atoms with van der Waals surface area (Å²) in [6.45, 7) is 2.64. The number of carbonyl (C=O) groups excluding carboxylic acids is 1. The fourth-order valence-corrected chi connectivity index (χ4v) is 4.53. The van der Waals surface area contributed by atoms with Crippen molar-refractivity contribution in [3.05, 3.63) is 0 Å². The zero-order valence-corrected chi connectivity index (χ0v) is 11.3. The molecule has 1 aliphatic heterocycles. The Morgan fingerprint density at radius 2 is 2.25 bits per heavy atom. The molecule has 1 aliphatic carbocycles. The van der Waals surface area contributed by atoms with Gasteiger partial charge in [0, 0.05) is 29.1 Å². The second-order valence-electron chi connectivity index (χ2n) is 4.83. The summed E-state index contributed by atoms with van der Waals surface area (Å²) >= 11 is 3.94. The highest BCUT2D eigenvalue weighted by Gasteiger charge is 2.43. The van der Waals surface area contributed by atoms with Gasteiger partial charge in [-0.25, -0.2) is 0 Å². The third kappa shape index (κ3) is 3.08. The van der Waals surface area contributed by atoms with E-state index < -0.39 is 5.54 Å². The predicted molar refractivity (Wildman–Crippen MR) is 71.9 cm³/mol. The highest BCUT2D eigenvalue weighted by atomic mass is 32.2. The minimum absolute atomic E-state index is 0.0335. The Labute approximate surface area is 106 Å². The fourth-order valence-electron chi connectivity index (χ4n) is 1.92. The fraction of sp³-hybridized carbons (Fsp3) is 0.909. The van der Waals surface area contributed by atoms with Gasteiger partial charge in [-0.1, -0.05) is 0 Å². The van der Waals surface area contributed by atoms with Crippen molar-refractivity contribution in [1.82, 2.24) is 5.32 Å². The quantitative estimate of drug-likeness (QED) is 0.794. The van der Waals surface area contributed by atoms with Crippen LogP contribution in [0.3, 0.4) is 0 Å². The number of nitrogens with one attached hydrogen (secondary N) is 1. The average molecular weight is 260 g/mol. The van der Waals surface area contributed by atoms with E-state index in [1.54, 1.807) is 0 Å². The third-order valence-corrected chi connectivity index (χ3v) is 6.13. The van der Waals surface area contributed by atoms with Crippen molar-refractivity contribution in [2.24, 2.45) is 11.7 Å². The Balaban J connectivity index is 1.74. The number of nitrogens with two attached hydrogens (primary N) is 1. The minimum atomic E-state index is -0.646. The molecule has 0 radical (unpaired) electrons. The van der Waals surface area contributed by atoms with E-state index in [1.807, 2.05) is 30.4 Å². The average Bonchev–Trinajstić information content (AvgIpc) is 3.11. The van der Waals surface area contributed by atoms with Crippen LogP contribution in [0.25, 0.3) is 0 Å². The summed E-state index contributed by atoms with van der Waals surface area (Å²) in [5, 5.41) is 3.58. The molecule has 16 heavy (non-hydrogen) atoms. The highest BCUT2D eigenvalue weighted by molar-refractivity contribution is 8.06. The molecule has 0 aromatic carbocycles. The monoisotopic (exact) mass is 260 g/mol. The van der Waals surface area contributed by atoms with Crippen LogP contribution in [0.4, 0.5) is 0 Å². The molecule has 3 nitrogen and oxygen atoms in total. The molecule has 0 spiro atoms. The molecule has 92 valence electrons. The van der Waals surface area contributed by atoms with Gasteiger partial charge >= 0.3 is 0 Å². The summed E-state index contributed by atoms with van der Waals surface area (Å²) in [6.07, 6.45) is 2.21. The summed E-state index contributed by atoms with van der Waals surface area (Å²) in [5.41, 5.74) is 5.41. The Morgan fingerprint density at radius 1 is 1.50 bits per heavy atom. The first kappa shape index (κ1) is 12.6. The third-order valence-electron chi connectivity index (χ3n) is 3.29. The molecular weight excluding hydrogens is 240 g/mol. The maximum atomic E-state index is 11.9. The molecule has 1 amide bonds. The van der Waals surface area contributed by atoms with Crippen molar-refractivity contribution >= 4 is 29.4 Å². The summed E-state index contributed by atoms with van der Waals surface area (Å²) in [6, 6.07) is 0. The molecule has 2 rings (SSSR count). The molecule has 2 atom stereocenters. The Bertz CT molecular complexity index is 261. The maximum absolute atomic E-state index is 11.9. The van der Waals surface area contributed by atoms with E-state index in [9.17, 15) is 4.79 Å². The molecule has 3 N–H and O–H groups in total. The van der Waals surface area contributed by atoms with E-state index in [0.717, 1.165) is 25.1 Å². The molecule has 5 heteroatoms. The van der Waals surface area contributed by atoms with Crippen LogP contribution in [0.1, 0.15) is 19.8 Å². The van der Waals surface area contributed by atoms with Gasteiger partial charge in [0.2, 0.25) is 5.91 Å². The number of hydrogen-bond donors (Lipinski definition) is 2. The van der Waals surface area contributed by atoms with Crippen LogP contribution >= 0.6 is 23.5 Å². The predicted octanol–water partition coefficient (Wildman–Crippen LogP) is 1.08. The van der Waals surface area contributed by atoms with E-state index in [0.29, 0.717) is 11.2 Å².